The lowest BCUT2D eigenvalue weighted by Crippen LogP contribution is -2.49. The number of rotatable bonds is 4. The first-order valence-electron chi connectivity index (χ1n) is 9.97. The number of amides is 1. The molecule has 7 heteroatoms. The zero-order chi connectivity index (χ0) is 19.1. The summed E-state index contributed by atoms with van der Waals surface area (Å²) in [6.07, 6.45) is 4.37. The Kier molecular flexibility index (Phi) is 6.10. The second kappa shape index (κ2) is 8.21. The number of hydrogen-bond donors (Lipinski definition) is 1. The van der Waals surface area contributed by atoms with Crippen molar-refractivity contribution >= 4 is 29.1 Å². The fourth-order valence-corrected chi connectivity index (χ4v) is 4.54. The number of hydrogen-bond acceptors (Lipinski definition) is 4. The van der Waals surface area contributed by atoms with Gasteiger partial charge in [-0.3, -0.25) is 9.59 Å². The van der Waals surface area contributed by atoms with Crippen molar-refractivity contribution in [3.63, 3.8) is 0 Å². The fraction of sp³-hybridized carbons (Fsp3) is 0.571. The van der Waals surface area contributed by atoms with Crippen molar-refractivity contribution in [2.24, 2.45) is 5.92 Å². The first kappa shape index (κ1) is 20.8. The molecule has 2 unspecified atom stereocenters. The number of halogens is 1. The molecule has 2 atom stereocenters. The fourth-order valence-electron chi connectivity index (χ4n) is 4.54. The number of carbonyl (C=O) groups is 1. The van der Waals surface area contributed by atoms with Gasteiger partial charge >= 0.3 is 0 Å². The number of piperidine rings is 1. The molecule has 3 heterocycles. The highest BCUT2D eigenvalue weighted by molar-refractivity contribution is 6.04. The molecule has 28 heavy (non-hydrogen) atoms. The number of benzene rings is 1. The minimum absolute atomic E-state index is 0. The van der Waals surface area contributed by atoms with Gasteiger partial charge < -0.3 is 10.2 Å². The van der Waals surface area contributed by atoms with E-state index in [9.17, 15) is 9.59 Å². The molecule has 6 nitrogen and oxygen atoms in total. The van der Waals surface area contributed by atoms with Crippen LogP contribution in [0.25, 0.3) is 10.8 Å². The van der Waals surface area contributed by atoms with Gasteiger partial charge in [0.1, 0.15) is 0 Å². The molecule has 1 amide bonds. The van der Waals surface area contributed by atoms with E-state index in [4.69, 9.17) is 0 Å². The lowest BCUT2D eigenvalue weighted by atomic mass is 9.98. The van der Waals surface area contributed by atoms with Gasteiger partial charge in [-0.25, -0.2) is 4.68 Å². The summed E-state index contributed by atoms with van der Waals surface area (Å²) in [7, 11) is 1.88. The molecular weight excluding hydrogens is 376 g/mol. The second-order valence-electron chi connectivity index (χ2n) is 8.45. The Bertz CT molecular complexity index is 914. The third kappa shape index (κ3) is 3.80. The summed E-state index contributed by atoms with van der Waals surface area (Å²) in [6, 6.07) is 8.58. The van der Waals surface area contributed by atoms with Crippen molar-refractivity contribution in [1.82, 2.24) is 20.0 Å². The third-order valence-corrected chi connectivity index (χ3v) is 5.92. The summed E-state index contributed by atoms with van der Waals surface area (Å²) < 4.78 is 1.46. The molecule has 2 saturated heterocycles. The summed E-state index contributed by atoms with van der Waals surface area (Å²) in [4.78, 5) is 28.0. The Morgan fingerprint density at radius 1 is 1.21 bits per heavy atom. The first-order valence-corrected chi connectivity index (χ1v) is 9.97. The molecule has 0 aliphatic carbocycles. The van der Waals surface area contributed by atoms with E-state index in [1.54, 1.807) is 6.07 Å². The van der Waals surface area contributed by atoms with Crippen LogP contribution in [-0.4, -0.2) is 45.8 Å². The number of carbonyl (C=O) groups excluding carboxylic acids is 1. The predicted octanol–water partition coefficient (Wildman–Crippen LogP) is 2.83. The third-order valence-electron chi connectivity index (χ3n) is 5.92. The Hall–Kier alpha value is -1.92. The maximum Gasteiger partial charge on any atom is 0.274 e. The molecular formula is C21H29ClN4O2. The van der Waals surface area contributed by atoms with Crippen LogP contribution in [0.5, 0.6) is 0 Å². The SMILES string of the molecule is CC(C)Cn1nc(C(=O)N(C)C2CC3CCC(C2)N3)c2ccccc2c1=O.Cl. The Morgan fingerprint density at radius 3 is 2.43 bits per heavy atom. The van der Waals surface area contributed by atoms with Crippen molar-refractivity contribution in [2.75, 3.05) is 7.05 Å². The maximum absolute atomic E-state index is 13.4. The van der Waals surface area contributed by atoms with Crippen LogP contribution in [0.15, 0.2) is 29.1 Å². The molecule has 1 N–H and O–H groups in total. The van der Waals surface area contributed by atoms with Gasteiger partial charge in [0.2, 0.25) is 0 Å². The van der Waals surface area contributed by atoms with Gasteiger partial charge in [0.25, 0.3) is 11.5 Å². The molecule has 152 valence electrons. The molecule has 2 aliphatic rings. The van der Waals surface area contributed by atoms with Gasteiger partial charge in [-0.1, -0.05) is 32.0 Å². The van der Waals surface area contributed by atoms with E-state index in [2.05, 4.69) is 10.4 Å². The lowest BCUT2D eigenvalue weighted by molar-refractivity contribution is 0.0675. The summed E-state index contributed by atoms with van der Waals surface area (Å²) in [5.41, 5.74) is 0.262. The van der Waals surface area contributed by atoms with Gasteiger partial charge in [-0.15, -0.1) is 12.4 Å². The van der Waals surface area contributed by atoms with Crippen LogP contribution in [0.1, 0.15) is 50.0 Å². The molecule has 2 bridgehead atoms. The average molecular weight is 405 g/mol. The quantitative estimate of drug-likeness (QED) is 0.850. The largest absolute Gasteiger partial charge is 0.337 e. The molecule has 2 aliphatic heterocycles. The highest BCUT2D eigenvalue weighted by Gasteiger charge is 2.37. The van der Waals surface area contributed by atoms with Crippen molar-refractivity contribution in [2.45, 2.75) is 64.2 Å². The summed E-state index contributed by atoms with van der Waals surface area (Å²) >= 11 is 0. The van der Waals surface area contributed by atoms with Crippen molar-refractivity contribution in [3.8, 4) is 0 Å². The van der Waals surface area contributed by atoms with Crippen LogP contribution in [-0.2, 0) is 6.54 Å². The van der Waals surface area contributed by atoms with Gasteiger partial charge in [0.05, 0.1) is 5.39 Å². The van der Waals surface area contributed by atoms with E-state index in [0.717, 1.165) is 12.8 Å². The van der Waals surface area contributed by atoms with Gasteiger partial charge in [-0.2, -0.15) is 5.10 Å². The standard InChI is InChI=1S/C21H28N4O2.ClH/c1-13(2)12-25-20(26)18-7-5-4-6-17(18)19(23-25)21(27)24(3)16-10-14-8-9-15(11-16)22-14;/h4-7,13-16,22H,8-12H2,1-3H3;1H. The van der Waals surface area contributed by atoms with Gasteiger partial charge in [0.15, 0.2) is 5.69 Å². The number of nitrogens with one attached hydrogen (secondary N) is 1. The van der Waals surface area contributed by atoms with Crippen molar-refractivity contribution in [3.05, 3.63) is 40.3 Å². The molecule has 0 spiro atoms. The summed E-state index contributed by atoms with van der Waals surface area (Å²) in [6.45, 7) is 4.59. The average Bonchev–Trinajstić information content (AvgIpc) is 3.00. The Morgan fingerprint density at radius 2 is 1.82 bits per heavy atom. The number of aromatic nitrogens is 2. The van der Waals surface area contributed by atoms with Crippen LogP contribution < -0.4 is 10.9 Å². The van der Waals surface area contributed by atoms with Gasteiger partial charge in [-0.05, 0) is 37.7 Å². The smallest absolute Gasteiger partial charge is 0.274 e. The normalized spacial score (nSPS) is 23.6. The molecule has 4 rings (SSSR count). The summed E-state index contributed by atoms with van der Waals surface area (Å²) in [5.74, 6) is 0.187. The van der Waals surface area contributed by atoms with Crippen LogP contribution in [0.4, 0.5) is 0 Å². The van der Waals surface area contributed by atoms with Crippen molar-refractivity contribution < 1.29 is 4.79 Å². The Labute approximate surface area is 171 Å². The van der Waals surface area contributed by atoms with E-state index in [-0.39, 0.29) is 35.8 Å². The van der Waals surface area contributed by atoms with Crippen LogP contribution in [0.2, 0.25) is 0 Å². The van der Waals surface area contributed by atoms with Crippen LogP contribution in [0.3, 0.4) is 0 Å². The topological polar surface area (TPSA) is 67.2 Å². The van der Waals surface area contributed by atoms with E-state index in [0.29, 0.717) is 35.1 Å². The second-order valence-corrected chi connectivity index (χ2v) is 8.45. The molecule has 2 fully saturated rings. The monoisotopic (exact) mass is 404 g/mol. The van der Waals surface area contributed by atoms with Crippen LogP contribution in [0, 0.1) is 5.92 Å². The number of fused-ring (bicyclic) bond motifs is 3. The van der Waals surface area contributed by atoms with E-state index < -0.39 is 0 Å². The minimum atomic E-state index is -0.126. The summed E-state index contributed by atoms with van der Waals surface area (Å²) in [5, 5.41) is 9.34. The molecule has 0 saturated carbocycles. The lowest BCUT2D eigenvalue weighted by Gasteiger charge is -2.35. The highest BCUT2D eigenvalue weighted by Crippen LogP contribution is 2.30. The maximum atomic E-state index is 13.4. The highest BCUT2D eigenvalue weighted by atomic mass is 35.5. The van der Waals surface area contributed by atoms with E-state index in [1.165, 1.54) is 17.5 Å². The van der Waals surface area contributed by atoms with E-state index in [1.807, 2.05) is 44.0 Å². The van der Waals surface area contributed by atoms with E-state index >= 15 is 0 Å². The predicted molar refractivity (Wildman–Crippen MR) is 113 cm³/mol. The molecule has 1 aromatic carbocycles. The zero-order valence-corrected chi connectivity index (χ0v) is 17.5. The molecule has 2 aromatic rings. The molecule has 0 radical (unpaired) electrons. The Balaban J connectivity index is 0.00000225. The van der Waals surface area contributed by atoms with Crippen molar-refractivity contribution in [1.29, 1.82) is 0 Å². The van der Waals surface area contributed by atoms with Gasteiger partial charge in [0, 0.05) is 37.1 Å². The number of nitrogens with zero attached hydrogens (tertiary/aromatic N) is 3. The van der Waals surface area contributed by atoms with Crippen LogP contribution >= 0.6 is 12.4 Å². The minimum Gasteiger partial charge on any atom is -0.337 e. The first-order chi connectivity index (χ1) is 12.9. The molecule has 1 aromatic heterocycles. The zero-order valence-electron chi connectivity index (χ0n) is 16.7.